The van der Waals surface area contributed by atoms with Gasteiger partial charge in [0.05, 0.1) is 0 Å². The van der Waals surface area contributed by atoms with Gasteiger partial charge in [-0.3, -0.25) is 5.43 Å². The van der Waals surface area contributed by atoms with Crippen molar-refractivity contribution in [3.05, 3.63) is 75.9 Å². The average molecular weight is 361 g/mol. The van der Waals surface area contributed by atoms with Gasteiger partial charge in [0.2, 0.25) is 5.95 Å². The van der Waals surface area contributed by atoms with Crippen molar-refractivity contribution in [3.8, 4) is 0 Å². The van der Waals surface area contributed by atoms with E-state index in [-0.39, 0.29) is 0 Å². The fourth-order valence-corrected chi connectivity index (χ4v) is 2.80. The lowest BCUT2D eigenvalue weighted by molar-refractivity contribution is 0.532. The van der Waals surface area contributed by atoms with Crippen LogP contribution < -0.4 is 16.5 Å². The minimum absolute atomic E-state index is 0.442. The van der Waals surface area contributed by atoms with Gasteiger partial charge in [-0.05, 0) is 50.1 Å². The van der Waals surface area contributed by atoms with E-state index in [4.69, 9.17) is 4.42 Å². The minimum atomic E-state index is -0.502. The number of para-hydroxylation sites is 2. The lowest BCUT2D eigenvalue weighted by Gasteiger charge is -2.13. The van der Waals surface area contributed by atoms with Gasteiger partial charge in [-0.2, -0.15) is 9.66 Å². The number of hydrogen-bond donors (Lipinski definition) is 2. The van der Waals surface area contributed by atoms with Crippen molar-refractivity contribution < 1.29 is 4.42 Å². The van der Waals surface area contributed by atoms with Crippen molar-refractivity contribution in [2.75, 3.05) is 10.7 Å². The molecule has 0 spiro atoms. The van der Waals surface area contributed by atoms with Crippen LogP contribution in [0.2, 0.25) is 0 Å². The van der Waals surface area contributed by atoms with Crippen LogP contribution in [0, 0.1) is 20.8 Å². The molecule has 0 unspecified atom stereocenters. The molecule has 27 heavy (non-hydrogen) atoms. The number of oxazole rings is 1. The molecule has 0 aliphatic heterocycles. The molecule has 0 amide bonds. The van der Waals surface area contributed by atoms with Gasteiger partial charge in [0.25, 0.3) is 0 Å². The van der Waals surface area contributed by atoms with E-state index in [1.54, 1.807) is 18.3 Å². The molecule has 4 rings (SSSR count). The molecule has 0 radical (unpaired) electrons. The fourth-order valence-electron chi connectivity index (χ4n) is 2.80. The first kappa shape index (κ1) is 16.8. The smallest absolute Gasteiger partial charge is 0.406 e. The third-order valence-corrected chi connectivity index (χ3v) is 4.53. The fraction of sp³-hybridized carbons (Fsp3) is 0.150. The van der Waals surface area contributed by atoms with E-state index >= 15 is 0 Å². The maximum absolute atomic E-state index is 12.2. The Morgan fingerprint density at radius 2 is 1.81 bits per heavy atom. The lowest BCUT2D eigenvalue weighted by Crippen LogP contribution is -2.23. The van der Waals surface area contributed by atoms with E-state index in [0.717, 1.165) is 16.8 Å². The van der Waals surface area contributed by atoms with Crippen LogP contribution >= 0.6 is 0 Å². The van der Waals surface area contributed by atoms with Gasteiger partial charge in [0.15, 0.2) is 11.4 Å². The number of aromatic nitrogens is 3. The van der Waals surface area contributed by atoms with Crippen molar-refractivity contribution in [3.63, 3.8) is 0 Å². The van der Waals surface area contributed by atoms with Crippen LogP contribution in [0.15, 0.2) is 57.9 Å². The van der Waals surface area contributed by atoms with Crippen molar-refractivity contribution in [2.24, 2.45) is 0 Å². The minimum Gasteiger partial charge on any atom is -0.406 e. The van der Waals surface area contributed by atoms with E-state index in [1.165, 1.54) is 10.2 Å². The van der Waals surface area contributed by atoms with Gasteiger partial charge < -0.3 is 9.73 Å². The number of anilines is 3. The Hall–Kier alpha value is -3.61. The van der Waals surface area contributed by atoms with Crippen LogP contribution in [0.1, 0.15) is 16.7 Å². The zero-order chi connectivity index (χ0) is 19.0. The Balaban J connectivity index is 1.69. The van der Waals surface area contributed by atoms with Crippen LogP contribution in [0.3, 0.4) is 0 Å². The Kier molecular flexibility index (Phi) is 4.12. The number of benzene rings is 2. The molecule has 7 heteroatoms. The van der Waals surface area contributed by atoms with Gasteiger partial charge in [0.1, 0.15) is 5.52 Å². The second-order valence-electron chi connectivity index (χ2n) is 6.38. The summed E-state index contributed by atoms with van der Waals surface area (Å²) in [6.07, 6.45) is 1.70. The number of hydrogen-bond acceptors (Lipinski definition) is 6. The Morgan fingerprint density at radius 1 is 1.00 bits per heavy atom. The van der Waals surface area contributed by atoms with Crippen LogP contribution in [0.4, 0.5) is 17.5 Å². The summed E-state index contributed by atoms with van der Waals surface area (Å²) in [6.45, 7) is 5.97. The summed E-state index contributed by atoms with van der Waals surface area (Å²) >= 11 is 0. The summed E-state index contributed by atoms with van der Waals surface area (Å²) in [5.74, 6) is 0.461. The highest BCUT2D eigenvalue weighted by Crippen LogP contribution is 2.22. The van der Waals surface area contributed by atoms with Gasteiger partial charge in [-0.15, -0.1) is 0 Å². The van der Waals surface area contributed by atoms with Crippen LogP contribution in [-0.2, 0) is 0 Å². The molecule has 0 bridgehead atoms. The second-order valence-corrected chi connectivity index (χ2v) is 6.38. The monoisotopic (exact) mass is 361 g/mol. The maximum atomic E-state index is 12.2. The SMILES string of the molecule is Cc1cnc(Nc2cccc(C)c2C)nc1Nn1c(=O)oc2ccccc21. The molecule has 136 valence electrons. The number of rotatable bonds is 4. The zero-order valence-corrected chi connectivity index (χ0v) is 15.3. The van der Waals surface area contributed by atoms with Crippen molar-refractivity contribution in [2.45, 2.75) is 20.8 Å². The largest absolute Gasteiger partial charge is 0.439 e. The molecule has 2 heterocycles. The predicted molar refractivity (Wildman–Crippen MR) is 105 cm³/mol. The number of nitrogens with zero attached hydrogens (tertiary/aromatic N) is 3. The van der Waals surface area contributed by atoms with Crippen molar-refractivity contribution in [1.82, 2.24) is 14.6 Å². The molecule has 2 aromatic carbocycles. The first-order valence-corrected chi connectivity index (χ1v) is 8.57. The number of aryl methyl sites for hydroxylation is 2. The topological polar surface area (TPSA) is 85.0 Å². The van der Waals surface area contributed by atoms with Gasteiger partial charge in [0, 0.05) is 17.4 Å². The molecule has 0 saturated heterocycles. The second kappa shape index (κ2) is 6.60. The van der Waals surface area contributed by atoms with Gasteiger partial charge in [-0.1, -0.05) is 24.3 Å². The highest BCUT2D eigenvalue weighted by atomic mass is 16.4. The van der Waals surface area contributed by atoms with E-state index in [1.807, 2.05) is 38.1 Å². The molecule has 0 atom stereocenters. The molecule has 2 aromatic heterocycles. The first-order valence-electron chi connectivity index (χ1n) is 8.57. The van der Waals surface area contributed by atoms with E-state index < -0.39 is 5.76 Å². The van der Waals surface area contributed by atoms with Crippen LogP contribution in [-0.4, -0.2) is 14.6 Å². The zero-order valence-electron chi connectivity index (χ0n) is 15.3. The molecule has 0 aliphatic carbocycles. The predicted octanol–water partition coefficient (Wildman–Crippen LogP) is 3.93. The molecular weight excluding hydrogens is 342 g/mol. The number of fused-ring (bicyclic) bond motifs is 1. The summed E-state index contributed by atoms with van der Waals surface area (Å²) in [4.78, 5) is 21.1. The molecule has 2 N–H and O–H groups in total. The first-order chi connectivity index (χ1) is 13.0. The highest BCUT2D eigenvalue weighted by Gasteiger charge is 2.12. The van der Waals surface area contributed by atoms with Crippen molar-refractivity contribution in [1.29, 1.82) is 0 Å². The highest BCUT2D eigenvalue weighted by molar-refractivity contribution is 5.73. The normalized spacial score (nSPS) is 10.9. The molecular formula is C20H19N5O2. The third-order valence-electron chi connectivity index (χ3n) is 4.53. The average Bonchev–Trinajstić information content (AvgIpc) is 2.97. The van der Waals surface area contributed by atoms with Crippen LogP contribution in [0.25, 0.3) is 11.1 Å². The van der Waals surface area contributed by atoms with Gasteiger partial charge >= 0.3 is 5.76 Å². The summed E-state index contributed by atoms with van der Waals surface area (Å²) in [5.41, 5.74) is 8.25. The summed E-state index contributed by atoms with van der Waals surface area (Å²) < 4.78 is 6.59. The summed E-state index contributed by atoms with van der Waals surface area (Å²) in [5, 5.41) is 3.24. The maximum Gasteiger partial charge on any atom is 0.439 e. The molecule has 0 saturated carbocycles. The quantitative estimate of drug-likeness (QED) is 0.573. The summed E-state index contributed by atoms with van der Waals surface area (Å²) in [7, 11) is 0. The van der Waals surface area contributed by atoms with E-state index in [9.17, 15) is 4.79 Å². The van der Waals surface area contributed by atoms with E-state index in [0.29, 0.717) is 22.9 Å². The molecule has 0 fully saturated rings. The van der Waals surface area contributed by atoms with E-state index in [2.05, 4.69) is 33.7 Å². The standard InChI is InChI=1S/C20H19N5O2/c1-12-7-6-8-15(14(12)3)22-19-21-11-13(2)18(23-19)24-25-16-9-4-5-10-17(16)27-20(25)26/h4-11H,1-3H3,(H2,21,22,23,24). The lowest BCUT2D eigenvalue weighted by atomic mass is 10.1. The third kappa shape index (κ3) is 3.15. The number of nitrogens with one attached hydrogen (secondary N) is 2. The Labute approximate surface area is 155 Å². The molecule has 0 aliphatic rings. The van der Waals surface area contributed by atoms with Crippen LogP contribution in [0.5, 0.6) is 0 Å². The van der Waals surface area contributed by atoms with Crippen molar-refractivity contribution >= 4 is 28.6 Å². The Morgan fingerprint density at radius 3 is 2.67 bits per heavy atom. The summed E-state index contributed by atoms with van der Waals surface area (Å²) in [6, 6.07) is 13.2. The Bertz CT molecular complexity index is 1190. The van der Waals surface area contributed by atoms with Gasteiger partial charge in [-0.25, -0.2) is 9.78 Å². The molecule has 4 aromatic rings. The molecule has 7 nitrogen and oxygen atoms in total.